The van der Waals surface area contributed by atoms with Gasteiger partial charge in [-0.05, 0) is 39.0 Å². The Balaban J connectivity index is 2.00. The maximum absolute atomic E-state index is 14.4. The second kappa shape index (κ2) is 7.39. The number of piperidine rings is 1. The zero-order chi connectivity index (χ0) is 17.9. The summed E-state index contributed by atoms with van der Waals surface area (Å²) < 4.78 is 26.1. The van der Waals surface area contributed by atoms with Crippen LogP contribution in [0.3, 0.4) is 0 Å². The number of nitriles is 1. The predicted octanol–water partition coefficient (Wildman–Crippen LogP) is 4.05. The van der Waals surface area contributed by atoms with Crippen molar-refractivity contribution in [2.24, 2.45) is 0 Å². The number of nitrogens with zero attached hydrogens (tertiary/aromatic N) is 2. The van der Waals surface area contributed by atoms with Gasteiger partial charge in [0.05, 0.1) is 12.1 Å². The van der Waals surface area contributed by atoms with Crippen molar-refractivity contribution in [1.29, 1.82) is 5.26 Å². The molecule has 1 amide bonds. The Labute approximate surface area is 149 Å². The molecule has 1 aliphatic rings. The van der Waals surface area contributed by atoms with E-state index in [1.54, 1.807) is 39.0 Å². The smallest absolute Gasteiger partial charge is 0.410 e. The average molecular weight is 399 g/mol. The zero-order valence-corrected chi connectivity index (χ0v) is 15.5. The molecule has 1 aliphatic heterocycles. The van der Waals surface area contributed by atoms with Crippen LogP contribution in [0, 0.1) is 11.3 Å². The Morgan fingerprint density at radius 2 is 2.17 bits per heavy atom. The Morgan fingerprint density at radius 3 is 2.75 bits per heavy atom. The molecule has 1 aromatic carbocycles. The molecule has 0 spiro atoms. The van der Waals surface area contributed by atoms with Gasteiger partial charge < -0.3 is 14.4 Å². The Morgan fingerprint density at radius 1 is 1.46 bits per heavy atom. The minimum atomic E-state index is -1.35. The fraction of sp³-hybridized carbons (Fsp3) is 0.529. The van der Waals surface area contributed by atoms with E-state index in [0.717, 1.165) is 4.47 Å². The van der Waals surface area contributed by atoms with Gasteiger partial charge in [0.1, 0.15) is 23.5 Å². The molecule has 7 heteroatoms. The molecular weight excluding hydrogens is 379 g/mol. The number of likely N-dealkylation sites (tertiary alicyclic amines) is 1. The number of carbonyl (C=O) groups excluding carboxylic acids is 1. The van der Waals surface area contributed by atoms with Gasteiger partial charge in [-0.15, -0.1) is 0 Å². The van der Waals surface area contributed by atoms with Crippen LogP contribution in [0.4, 0.5) is 9.18 Å². The zero-order valence-electron chi connectivity index (χ0n) is 13.9. The topological polar surface area (TPSA) is 62.6 Å². The van der Waals surface area contributed by atoms with E-state index in [0.29, 0.717) is 24.3 Å². The van der Waals surface area contributed by atoms with Gasteiger partial charge in [-0.3, -0.25) is 0 Å². The van der Waals surface area contributed by atoms with Crippen molar-refractivity contribution in [3.8, 4) is 11.8 Å². The number of carbonyl (C=O) groups is 1. The molecule has 0 unspecified atom stereocenters. The SMILES string of the molecule is CC(C)(C)OC(=O)N1CC[C@H](Oc2ccc(Br)cc2C#N)[C@H](F)C1. The molecule has 0 aliphatic carbocycles. The van der Waals surface area contributed by atoms with E-state index < -0.39 is 24.0 Å². The summed E-state index contributed by atoms with van der Waals surface area (Å²) in [5.41, 5.74) is -0.277. The molecule has 0 radical (unpaired) electrons. The molecule has 2 atom stereocenters. The third kappa shape index (κ3) is 4.84. The van der Waals surface area contributed by atoms with Crippen LogP contribution in [0.25, 0.3) is 0 Å². The average Bonchev–Trinajstić information content (AvgIpc) is 2.49. The summed E-state index contributed by atoms with van der Waals surface area (Å²) in [6, 6.07) is 7.02. The van der Waals surface area contributed by atoms with Crippen molar-refractivity contribution >= 4 is 22.0 Å². The number of halogens is 2. The molecule has 0 bridgehead atoms. The molecule has 1 saturated heterocycles. The number of ether oxygens (including phenoxy) is 2. The van der Waals surface area contributed by atoms with Crippen molar-refractivity contribution in [2.45, 2.75) is 45.1 Å². The molecule has 1 aromatic rings. The van der Waals surface area contributed by atoms with Gasteiger partial charge in [0, 0.05) is 17.4 Å². The van der Waals surface area contributed by atoms with Crippen LogP contribution < -0.4 is 4.74 Å². The van der Waals surface area contributed by atoms with E-state index in [4.69, 9.17) is 14.7 Å². The maximum atomic E-state index is 14.4. The van der Waals surface area contributed by atoms with Gasteiger partial charge in [-0.1, -0.05) is 15.9 Å². The quantitative estimate of drug-likeness (QED) is 0.753. The van der Waals surface area contributed by atoms with E-state index in [9.17, 15) is 9.18 Å². The summed E-state index contributed by atoms with van der Waals surface area (Å²) in [6.45, 7) is 5.57. The van der Waals surface area contributed by atoms with Crippen molar-refractivity contribution in [3.05, 3.63) is 28.2 Å². The highest BCUT2D eigenvalue weighted by molar-refractivity contribution is 9.10. The van der Waals surface area contributed by atoms with E-state index in [-0.39, 0.29) is 6.54 Å². The highest BCUT2D eigenvalue weighted by Gasteiger charge is 2.35. The van der Waals surface area contributed by atoms with E-state index in [1.807, 2.05) is 6.07 Å². The first-order valence-electron chi connectivity index (χ1n) is 7.68. The molecule has 2 rings (SSSR count). The van der Waals surface area contributed by atoms with E-state index in [2.05, 4.69) is 15.9 Å². The number of hydrogen-bond donors (Lipinski definition) is 0. The molecular formula is C17H20BrFN2O3. The van der Waals surface area contributed by atoms with Crippen LogP contribution in [0.5, 0.6) is 5.75 Å². The fourth-order valence-electron chi connectivity index (χ4n) is 2.36. The normalized spacial score (nSPS) is 21.1. The summed E-state index contributed by atoms with van der Waals surface area (Å²) >= 11 is 3.28. The second-order valence-electron chi connectivity index (χ2n) is 6.64. The summed E-state index contributed by atoms with van der Waals surface area (Å²) in [6.07, 6.45) is -2.23. The van der Waals surface area contributed by atoms with Crippen LogP contribution >= 0.6 is 15.9 Å². The van der Waals surface area contributed by atoms with Gasteiger partial charge >= 0.3 is 6.09 Å². The Hall–Kier alpha value is -1.81. The van der Waals surface area contributed by atoms with Crippen molar-refractivity contribution < 1.29 is 18.7 Å². The van der Waals surface area contributed by atoms with Gasteiger partial charge in [-0.2, -0.15) is 5.26 Å². The van der Waals surface area contributed by atoms with Crippen LogP contribution in [0.2, 0.25) is 0 Å². The van der Waals surface area contributed by atoms with Crippen molar-refractivity contribution in [1.82, 2.24) is 4.90 Å². The molecule has 1 fully saturated rings. The van der Waals surface area contributed by atoms with E-state index in [1.165, 1.54) is 4.90 Å². The minimum Gasteiger partial charge on any atom is -0.486 e. The number of rotatable bonds is 2. The largest absolute Gasteiger partial charge is 0.486 e. The summed E-state index contributed by atoms with van der Waals surface area (Å²) in [5, 5.41) is 9.15. The third-order valence-corrected chi connectivity index (χ3v) is 3.97. The first-order valence-corrected chi connectivity index (χ1v) is 8.47. The van der Waals surface area contributed by atoms with Gasteiger partial charge in [-0.25, -0.2) is 9.18 Å². The van der Waals surface area contributed by atoms with Crippen LogP contribution in [-0.2, 0) is 4.74 Å². The lowest BCUT2D eigenvalue weighted by Gasteiger charge is -2.35. The van der Waals surface area contributed by atoms with Gasteiger partial charge in [0.25, 0.3) is 0 Å². The molecule has 0 aromatic heterocycles. The number of benzene rings is 1. The van der Waals surface area contributed by atoms with Gasteiger partial charge in [0.15, 0.2) is 6.17 Å². The number of alkyl halides is 1. The molecule has 130 valence electrons. The summed E-state index contributed by atoms with van der Waals surface area (Å²) in [5.74, 6) is 0.346. The first kappa shape index (κ1) is 18.5. The van der Waals surface area contributed by atoms with Crippen molar-refractivity contribution in [2.75, 3.05) is 13.1 Å². The van der Waals surface area contributed by atoms with Crippen molar-refractivity contribution in [3.63, 3.8) is 0 Å². The summed E-state index contributed by atoms with van der Waals surface area (Å²) in [7, 11) is 0. The fourth-order valence-corrected chi connectivity index (χ4v) is 2.72. The molecule has 0 N–H and O–H groups in total. The van der Waals surface area contributed by atoms with Crippen LogP contribution in [0.1, 0.15) is 32.8 Å². The van der Waals surface area contributed by atoms with Gasteiger partial charge in [0.2, 0.25) is 0 Å². The predicted molar refractivity (Wildman–Crippen MR) is 90.6 cm³/mol. The highest BCUT2D eigenvalue weighted by Crippen LogP contribution is 2.27. The minimum absolute atomic E-state index is 0.0853. The lowest BCUT2D eigenvalue weighted by molar-refractivity contribution is -0.0106. The molecule has 1 heterocycles. The second-order valence-corrected chi connectivity index (χ2v) is 7.56. The lowest BCUT2D eigenvalue weighted by Crippen LogP contribution is -2.50. The standard InChI is InChI=1S/C17H20BrFN2O3/c1-17(2,3)24-16(22)21-7-6-15(13(19)10-21)23-14-5-4-12(18)8-11(14)9-20/h4-5,8,13,15H,6-7,10H2,1-3H3/t13-,15+/m1/s1. The Kier molecular flexibility index (Phi) is 5.70. The van der Waals surface area contributed by atoms with Crippen LogP contribution in [0.15, 0.2) is 22.7 Å². The summed E-state index contributed by atoms with van der Waals surface area (Å²) in [4.78, 5) is 13.4. The van der Waals surface area contributed by atoms with Crippen LogP contribution in [-0.4, -0.2) is 42.0 Å². The van der Waals surface area contributed by atoms with E-state index >= 15 is 0 Å². The molecule has 5 nitrogen and oxygen atoms in total. The maximum Gasteiger partial charge on any atom is 0.410 e. The monoisotopic (exact) mass is 398 g/mol. The lowest BCUT2D eigenvalue weighted by atomic mass is 10.1. The highest BCUT2D eigenvalue weighted by atomic mass is 79.9. The third-order valence-electron chi connectivity index (χ3n) is 3.47. The number of amides is 1. The first-order chi connectivity index (χ1) is 11.2. The molecule has 24 heavy (non-hydrogen) atoms. The molecule has 0 saturated carbocycles. The Bertz CT molecular complexity index is 654. The number of hydrogen-bond acceptors (Lipinski definition) is 4.